The van der Waals surface area contributed by atoms with Crippen LogP contribution in [0.4, 0.5) is 0 Å². The number of rotatable bonds is 7. The summed E-state index contributed by atoms with van der Waals surface area (Å²) >= 11 is 0. The SMILES string of the molecule is CNCC(=O)NCc1ccccc1CS(=O)(=O)N1CCOCC1. The maximum absolute atomic E-state index is 12.5. The minimum atomic E-state index is -3.38. The molecule has 7 nitrogen and oxygen atoms in total. The zero-order chi connectivity index (χ0) is 16.7. The Hall–Kier alpha value is -1.48. The van der Waals surface area contributed by atoms with E-state index < -0.39 is 10.0 Å². The van der Waals surface area contributed by atoms with E-state index in [1.54, 1.807) is 13.1 Å². The van der Waals surface area contributed by atoms with Crippen LogP contribution >= 0.6 is 0 Å². The summed E-state index contributed by atoms with van der Waals surface area (Å²) in [6.07, 6.45) is 0. The van der Waals surface area contributed by atoms with Gasteiger partial charge in [-0.2, -0.15) is 4.31 Å². The van der Waals surface area contributed by atoms with Gasteiger partial charge in [-0.05, 0) is 18.2 Å². The van der Waals surface area contributed by atoms with Gasteiger partial charge in [0.2, 0.25) is 15.9 Å². The Morgan fingerprint density at radius 1 is 1.22 bits per heavy atom. The standard InChI is InChI=1S/C15H23N3O4S/c1-16-11-15(19)17-10-13-4-2-3-5-14(13)12-23(20,21)18-6-8-22-9-7-18/h2-5,16H,6-12H2,1H3,(H,17,19). The van der Waals surface area contributed by atoms with Gasteiger partial charge in [-0.25, -0.2) is 8.42 Å². The second-order valence-electron chi connectivity index (χ2n) is 5.34. The highest BCUT2D eigenvalue weighted by Crippen LogP contribution is 2.16. The number of nitrogens with zero attached hydrogens (tertiary/aromatic N) is 1. The molecule has 0 radical (unpaired) electrons. The fourth-order valence-corrected chi connectivity index (χ4v) is 3.96. The van der Waals surface area contributed by atoms with Gasteiger partial charge in [0.15, 0.2) is 0 Å². The highest BCUT2D eigenvalue weighted by molar-refractivity contribution is 7.88. The van der Waals surface area contributed by atoms with Gasteiger partial charge in [-0.15, -0.1) is 0 Å². The minimum Gasteiger partial charge on any atom is -0.379 e. The van der Waals surface area contributed by atoms with Gasteiger partial charge in [-0.1, -0.05) is 24.3 Å². The summed E-state index contributed by atoms with van der Waals surface area (Å²) in [4.78, 5) is 11.5. The van der Waals surface area contributed by atoms with Crippen LogP contribution in [0.3, 0.4) is 0 Å². The Morgan fingerprint density at radius 2 is 1.87 bits per heavy atom. The number of carbonyl (C=O) groups is 1. The summed E-state index contributed by atoms with van der Waals surface area (Å²) in [5.74, 6) is -0.191. The Labute approximate surface area is 137 Å². The van der Waals surface area contributed by atoms with Crippen molar-refractivity contribution < 1.29 is 17.9 Å². The normalized spacial score (nSPS) is 16.2. The van der Waals surface area contributed by atoms with E-state index in [4.69, 9.17) is 4.74 Å². The van der Waals surface area contributed by atoms with Crippen LogP contribution < -0.4 is 10.6 Å². The molecule has 1 aromatic carbocycles. The zero-order valence-corrected chi connectivity index (χ0v) is 14.1. The maximum atomic E-state index is 12.5. The monoisotopic (exact) mass is 341 g/mol. The number of carbonyl (C=O) groups excluding carboxylic acids is 1. The molecule has 1 aromatic rings. The third-order valence-electron chi connectivity index (χ3n) is 3.63. The lowest BCUT2D eigenvalue weighted by atomic mass is 10.1. The molecule has 23 heavy (non-hydrogen) atoms. The smallest absolute Gasteiger partial charge is 0.234 e. The quantitative estimate of drug-likeness (QED) is 0.710. The third-order valence-corrected chi connectivity index (χ3v) is 5.46. The molecule has 0 spiro atoms. The molecule has 1 aliphatic heterocycles. The number of hydrogen-bond donors (Lipinski definition) is 2. The van der Waals surface area contributed by atoms with Gasteiger partial charge in [0.25, 0.3) is 0 Å². The van der Waals surface area contributed by atoms with E-state index in [-0.39, 0.29) is 18.2 Å². The molecule has 0 saturated carbocycles. The van der Waals surface area contributed by atoms with E-state index in [9.17, 15) is 13.2 Å². The molecule has 2 N–H and O–H groups in total. The van der Waals surface area contributed by atoms with Crippen LogP contribution in [0.2, 0.25) is 0 Å². The average Bonchev–Trinajstić information content (AvgIpc) is 2.55. The van der Waals surface area contributed by atoms with Crippen LogP contribution in [0.15, 0.2) is 24.3 Å². The first-order valence-electron chi connectivity index (χ1n) is 7.56. The van der Waals surface area contributed by atoms with E-state index in [0.29, 0.717) is 38.4 Å². The van der Waals surface area contributed by atoms with Gasteiger partial charge >= 0.3 is 0 Å². The molecule has 1 saturated heterocycles. The molecule has 2 rings (SSSR count). The Balaban J connectivity index is 2.06. The first kappa shape index (κ1) is 17.9. The lowest BCUT2D eigenvalue weighted by molar-refractivity contribution is -0.120. The minimum absolute atomic E-state index is 0.0644. The summed E-state index contributed by atoms with van der Waals surface area (Å²) in [7, 11) is -1.68. The van der Waals surface area contributed by atoms with E-state index in [1.165, 1.54) is 4.31 Å². The predicted octanol–water partition coefficient (Wildman–Crippen LogP) is -0.316. The molecular weight excluding hydrogens is 318 g/mol. The molecule has 8 heteroatoms. The van der Waals surface area contributed by atoms with Crippen molar-refractivity contribution in [2.24, 2.45) is 0 Å². The first-order valence-corrected chi connectivity index (χ1v) is 9.17. The van der Waals surface area contributed by atoms with Crippen LogP contribution in [0.25, 0.3) is 0 Å². The van der Waals surface area contributed by atoms with Crippen LogP contribution in [0, 0.1) is 0 Å². The molecule has 0 atom stereocenters. The van der Waals surface area contributed by atoms with Gasteiger partial charge in [0.05, 0.1) is 25.5 Å². The lowest BCUT2D eigenvalue weighted by Crippen LogP contribution is -2.41. The largest absolute Gasteiger partial charge is 0.379 e. The molecule has 0 unspecified atom stereocenters. The summed E-state index contributed by atoms with van der Waals surface area (Å²) in [6, 6.07) is 7.27. The number of hydrogen-bond acceptors (Lipinski definition) is 5. The Morgan fingerprint density at radius 3 is 2.52 bits per heavy atom. The molecular formula is C15H23N3O4S. The highest BCUT2D eigenvalue weighted by Gasteiger charge is 2.25. The van der Waals surface area contributed by atoms with Crippen molar-refractivity contribution in [1.82, 2.24) is 14.9 Å². The van der Waals surface area contributed by atoms with Crippen molar-refractivity contribution in [2.45, 2.75) is 12.3 Å². The lowest BCUT2D eigenvalue weighted by Gasteiger charge is -2.26. The molecule has 1 amide bonds. The fraction of sp³-hybridized carbons (Fsp3) is 0.533. The van der Waals surface area contributed by atoms with Crippen LogP contribution in [0.5, 0.6) is 0 Å². The highest BCUT2D eigenvalue weighted by atomic mass is 32.2. The molecule has 1 heterocycles. The summed E-state index contributed by atoms with van der Waals surface area (Å²) in [6.45, 7) is 2.19. The van der Waals surface area contributed by atoms with Gasteiger partial charge in [-0.3, -0.25) is 4.79 Å². The van der Waals surface area contributed by atoms with Crippen molar-refractivity contribution >= 4 is 15.9 Å². The molecule has 1 aliphatic rings. The van der Waals surface area contributed by atoms with E-state index >= 15 is 0 Å². The topological polar surface area (TPSA) is 87.7 Å². The molecule has 0 bridgehead atoms. The van der Waals surface area contributed by atoms with Crippen molar-refractivity contribution in [1.29, 1.82) is 0 Å². The zero-order valence-electron chi connectivity index (χ0n) is 13.2. The number of amides is 1. The number of morpholine rings is 1. The number of likely N-dealkylation sites (N-methyl/N-ethyl adjacent to an activating group) is 1. The molecule has 1 fully saturated rings. The van der Waals surface area contributed by atoms with E-state index in [0.717, 1.165) is 5.56 Å². The Bertz CT molecular complexity index is 627. The number of ether oxygens (including phenoxy) is 1. The summed E-state index contributed by atoms with van der Waals surface area (Å²) in [5.41, 5.74) is 1.53. The predicted molar refractivity (Wildman–Crippen MR) is 87.2 cm³/mol. The third kappa shape index (κ3) is 5.28. The fourth-order valence-electron chi connectivity index (χ4n) is 2.40. The van der Waals surface area contributed by atoms with Crippen molar-refractivity contribution in [3.63, 3.8) is 0 Å². The molecule has 0 aromatic heterocycles. The summed E-state index contributed by atoms with van der Waals surface area (Å²) < 4.78 is 31.7. The summed E-state index contributed by atoms with van der Waals surface area (Å²) in [5, 5.41) is 5.55. The second kappa shape index (κ2) is 8.39. The van der Waals surface area contributed by atoms with Gasteiger partial charge in [0, 0.05) is 19.6 Å². The number of nitrogens with one attached hydrogen (secondary N) is 2. The average molecular weight is 341 g/mol. The second-order valence-corrected chi connectivity index (χ2v) is 7.31. The molecule has 128 valence electrons. The Kier molecular flexibility index (Phi) is 6.52. The van der Waals surface area contributed by atoms with E-state index in [1.807, 2.05) is 18.2 Å². The first-order chi connectivity index (χ1) is 11.0. The van der Waals surface area contributed by atoms with Gasteiger partial charge < -0.3 is 15.4 Å². The number of benzene rings is 1. The van der Waals surface area contributed by atoms with Gasteiger partial charge in [0.1, 0.15) is 0 Å². The maximum Gasteiger partial charge on any atom is 0.234 e. The van der Waals surface area contributed by atoms with Crippen LogP contribution in [0.1, 0.15) is 11.1 Å². The van der Waals surface area contributed by atoms with Crippen LogP contribution in [-0.2, 0) is 31.9 Å². The van der Waals surface area contributed by atoms with Crippen molar-refractivity contribution in [2.75, 3.05) is 39.9 Å². The van der Waals surface area contributed by atoms with E-state index in [2.05, 4.69) is 10.6 Å². The van der Waals surface area contributed by atoms with Crippen molar-refractivity contribution in [3.8, 4) is 0 Å². The van der Waals surface area contributed by atoms with Crippen LogP contribution in [-0.4, -0.2) is 58.5 Å². The van der Waals surface area contributed by atoms with Crippen molar-refractivity contribution in [3.05, 3.63) is 35.4 Å². The molecule has 0 aliphatic carbocycles. The number of sulfonamides is 1.